The zero-order valence-electron chi connectivity index (χ0n) is 16.0. The molecule has 0 saturated heterocycles. The van der Waals surface area contributed by atoms with Crippen LogP contribution < -0.4 is 20.1 Å². The fraction of sp³-hybridized carbons (Fsp3) is 0.632. The molecule has 1 aromatic rings. The molecule has 1 aliphatic carbocycles. The number of hydrogen-bond acceptors (Lipinski definition) is 4. The second-order valence-electron chi connectivity index (χ2n) is 6.90. The van der Waals surface area contributed by atoms with Crippen molar-refractivity contribution in [3.63, 3.8) is 0 Å². The van der Waals surface area contributed by atoms with Gasteiger partial charge in [0.05, 0.1) is 13.2 Å². The molecule has 0 unspecified atom stereocenters. The highest BCUT2D eigenvalue weighted by atomic mass is 127. The van der Waals surface area contributed by atoms with Gasteiger partial charge in [-0.15, -0.1) is 24.0 Å². The number of hydrogen-bond donors (Lipinski definition) is 2. The lowest BCUT2D eigenvalue weighted by Gasteiger charge is -2.26. The molecule has 3 rings (SSSR count). The van der Waals surface area contributed by atoms with E-state index in [1.165, 1.54) is 12.8 Å². The number of ether oxygens (including phenoxy) is 2. The maximum atomic E-state index is 5.74. The molecule has 0 atom stereocenters. The number of rotatable bonds is 6. The van der Waals surface area contributed by atoms with E-state index in [1.807, 2.05) is 18.2 Å². The Morgan fingerprint density at radius 3 is 2.62 bits per heavy atom. The van der Waals surface area contributed by atoms with Crippen molar-refractivity contribution in [1.82, 2.24) is 10.2 Å². The summed E-state index contributed by atoms with van der Waals surface area (Å²) < 4.78 is 11.4. The van der Waals surface area contributed by atoms with Crippen molar-refractivity contribution in [3.8, 4) is 11.5 Å². The van der Waals surface area contributed by atoms with Crippen LogP contribution in [0.5, 0.6) is 11.5 Å². The minimum absolute atomic E-state index is 0. The molecule has 0 amide bonds. The van der Waals surface area contributed by atoms with Crippen molar-refractivity contribution in [3.05, 3.63) is 18.2 Å². The molecule has 0 bridgehead atoms. The molecule has 6 nitrogen and oxygen atoms in total. The normalized spacial score (nSPS) is 16.9. The number of fused-ring (bicyclic) bond motifs is 1. The fourth-order valence-electron chi connectivity index (χ4n) is 3.13. The molecule has 1 fully saturated rings. The third-order valence-electron chi connectivity index (χ3n) is 4.58. The average Bonchev–Trinajstić information content (AvgIpc) is 3.43. The van der Waals surface area contributed by atoms with Crippen LogP contribution in [0.4, 0.5) is 5.69 Å². The second kappa shape index (κ2) is 10.2. The summed E-state index contributed by atoms with van der Waals surface area (Å²) >= 11 is 0. The van der Waals surface area contributed by atoms with E-state index in [2.05, 4.69) is 34.4 Å². The molecule has 2 aliphatic rings. The SMILES string of the molecule is CN=C(NCCN(C(C)C)C1CC1)Nc1ccc2c(c1)OCCCO2.I. The Morgan fingerprint density at radius 1 is 1.23 bits per heavy atom. The third kappa shape index (κ3) is 5.90. The summed E-state index contributed by atoms with van der Waals surface area (Å²) in [6.07, 6.45) is 3.58. The summed E-state index contributed by atoms with van der Waals surface area (Å²) in [6.45, 7) is 7.83. The predicted octanol–water partition coefficient (Wildman–Crippen LogP) is 3.33. The minimum Gasteiger partial charge on any atom is -0.490 e. The van der Waals surface area contributed by atoms with E-state index in [9.17, 15) is 0 Å². The average molecular weight is 474 g/mol. The van der Waals surface area contributed by atoms with Crippen LogP contribution in [0.1, 0.15) is 33.1 Å². The van der Waals surface area contributed by atoms with E-state index in [4.69, 9.17) is 9.47 Å². The second-order valence-corrected chi connectivity index (χ2v) is 6.90. The summed E-state index contributed by atoms with van der Waals surface area (Å²) in [7, 11) is 1.79. The van der Waals surface area contributed by atoms with Crippen LogP contribution in [-0.2, 0) is 0 Å². The Morgan fingerprint density at radius 2 is 1.96 bits per heavy atom. The molecule has 0 radical (unpaired) electrons. The first-order valence-corrected chi connectivity index (χ1v) is 9.30. The van der Waals surface area contributed by atoms with E-state index in [-0.39, 0.29) is 24.0 Å². The molecule has 1 aromatic carbocycles. The molecule has 0 spiro atoms. The highest BCUT2D eigenvalue weighted by molar-refractivity contribution is 14.0. The molecule has 0 aromatic heterocycles. The number of nitrogens with one attached hydrogen (secondary N) is 2. The van der Waals surface area contributed by atoms with Crippen molar-refractivity contribution in [2.24, 2.45) is 4.99 Å². The minimum atomic E-state index is 0. The van der Waals surface area contributed by atoms with Crippen LogP contribution >= 0.6 is 24.0 Å². The van der Waals surface area contributed by atoms with Gasteiger partial charge in [-0.3, -0.25) is 9.89 Å². The largest absolute Gasteiger partial charge is 0.490 e. The Bertz CT molecular complexity index is 603. The van der Waals surface area contributed by atoms with Crippen LogP contribution in [0.2, 0.25) is 0 Å². The maximum Gasteiger partial charge on any atom is 0.195 e. The highest BCUT2D eigenvalue weighted by Gasteiger charge is 2.30. The van der Waals surface area contributed by atoms with E-state index >= 15 is 0 Å². The van der Waals surface area contributed by atoms with Crippen molar-refractivity contribution in [2.75, 3.05) is 38.7 Å². The number of benzene rings is 1. The first-order valence-electron chi connectivity index (χ1n) is 9.30. The molecular weight excluding hydrogens is 443 g/mol. The molecule has 26 heavy (non-hydrogen) atoms. The molecule has 1 heterocycles. The van der Waals surface area contributed by atoms with Gasteiger partial charge >= 0.3 is 0 Å². The summed E-state index contributed by atoms with van der Waals surface area (Å²) in [6, 6.07) is 7.27. The smallest absolute Gasteiger partial charge is 0.195 e. The fourth-order valence-corrected chi connectivity index (χ4v) is 3.13. The molecule has 146 valence electrons. The maximum absolute atomic E-state index is 5.74. The van der Waals surface area contributed by atoms with Gasteiger partial charge in [-0.05, 0) is 38.8 Å². The molecule has 1 aliphatic heterocycles. The topological polar surface area (TPSA) is 58.1 Å². The van der Waals surface area contributed by atoms with Crippen LogP contribution in [0, 0.1) is 0 Å². The van der Waals surface area contributed by atoms with Gasteiger partial charge in [-0.2, -0.15) is 0 Å². The number of guanidine groups is 1. The Kier molecular flexibility index (Phi) is 8.27. The molecule has 2 N–H and O–H groups in total. The van der Waals surface area contributed by atoms with Gasteiger partial charge in [-0.25, -0.2) is 0 Å². The number of aliphatic imine (C=N–C) groups is 1. The van der Waals surface area contributed by atoms with E-state index in [0.29, 0.717) is 19.3 Å². The molecular formula is C19H31IN4O2. The van der Waals surface area contributed by atoms with Gasteiger partial charge in [0.2, 0.25) is 0 Å². The van der Waals surface area contributed by atoms with E-state index < -0.39 is 0 Å². The zero-order chi connectivity index (χ0) is 17.6. The van der Waals surface area contributed by atoms with Crippen molar-refractivity contribution < 1.29 is 9.47 Å². The lowest BCUT2D eigenvalue weighted by Crippen LogP contribution is -2.41. The lowest BCUT2D eigenvalue weighted by molar-refractivity contribution is 0.215. The monoisotopic (exact) mass is 474 g/mol. The van der Waals surface area contributed by atoms with E-state index in [0.717, 1.165) is 48.7 Å². The zero-order valence-corrected chi connectivity index (χ0v) is 18.3. The van der Waals surface area contributed by atoms with Crippen LogP contribution in [0.25, 0.3) is 0 Å². The summed E-state index contributed by atoms with van der Waals surface area (Å²) in [5, 5.41) is 6.74. The summed E-state index contributed by atoms with van der Waals surface area (Å²) in [5.41, 5.74) is 0.945. The summed E-state index contributed by atoms with van der Waals surface area (Å²) in [5.74, 6) is 2.37. The van der Waals surface area contributed by atoms with Crippen LogP contribution in [0.3, 0.4) is 0 Å². The van der Waals surface area contributed by atoms with Crippen LogP contribution in [0.15, 0.2) is 23.2 Å². The third-order valence-corrected chi connectivity index (χ3v) is 4.58. The molecule has 1 saturated carbocycles. The number of nitrogens with zero attached hydrogens (tertiary/aromatic N) is 2. The lowest BCUT2D eigenvalue weighted by atomic mass is 10.2. The first-order chi connectivity index (χ1) is 12.2. The Balaban J connectivity index is 0.00000243. The van der Waals surface area contributed by atoms with Gasteiger partial charge in [-0.1, -0.05) is 0 Å². The Labute approximate surface area is 173 Å². The Hall–Kier alpha value is -1.22. The first kappa shape index (κ1) is 21.1. The van der Waals surface area contributed by atoms with Crippen LogP contribution in [-0.4, -0.2) is 56.3 Å². The van der Waals surface area contributed by atoms with Gasteiger partial charge in [0, 0.05) is 50.4 Å². The quantitative estimate of drug-likeness (QED) is 0.377. The van der Waals surface area contributed by atoms with Gasteiger partial charge in [0.25, 0.3) is 0 Å². The van der Waals surface area contributed by atoms with Gasteiger partial charge in [0.15, 0.2) is 17.5 Å². The number of halogens is 1. The summed E-state index contributed by atoms with van der Waals surface area (Å²) in [4.78, 5) is 6.88. The van der Waals surface area contributed by atoms with Gasteiger partial charge < -0.3 is 20.1 Å². The molecule has 7 heteroatoms. The number of anilines is 1. The van der Waals surface area contributed by atoms with Crippen molar-refractivity contribution in [2.45, 2.75) is 45.2 Å². The highest BCUT2D eigenvalue weighted by Crippen LogP contribution is 2.32. The van der Waals surface area contributed by atoms with Crippen molar-refractivity contribution in [1.29, 1.82) is 0 Å². The predicted molar refractivity (Wildman–Crippen MR) is 117 cm³/mol. The van der Waals surface area contributed by atoms with E-state index in [1.54, 1.807) is 7.05 Å². The van der Waals surface area contributed by atoms with Crippen molar-refractivity contribution >= 4 is 35.6 Å². The standard InChI is InChI=1S/C19H30N4O2.HI/c1-14(2)23(16-6-7-16)10-9-21-19(20-3)22-15-5-8-17-18(13-15)25-12-4-11-24-17;/h5,8,13-14,16H,4,6-7,9-12H2,1-3H3,(H2,20,21,22);1H. The van der Waals surface area contributed by atoms with Gasteiger partial charge in [0.1, 0.15) is 0 Å².